The van der Waals surface area contributed by atoms with Gasteiger partial charge >= 0.3 is 0 Å². The van der Waals surface area contributed by atoms with E-state index >= 15 is 0 Å². The van der Waals surface area contributed by atoms with Crippen molar-refractivity contribution in [3.63, 3.8) is 0 Å². The molecule has 2 rings (SSSR count). The maximum atomic E-state index is 12.0. The summed E-state index contributed by atoms with van der Waals surface area (Å²) in [5.74, 6) is 1.56. The van der Waals surface area contributed by atoms with Gasteiger partial charge in [-0.25, -0.2) is 4.98 Å². The van der Waals surface area contributed by atoms with Crippen LogP contribution in [-0.2, 0) is 11.3 Å². The number of ether oxygens (including phenoxy) is 1. The molecule has 1 aromatic carbocycles. The first kappa shape index (κ1) is 15.8. The Morgan fingerprint density at radius 2 is 2.29 bits per heavy atom. The number of aromatic nitrogens is 3. The van der Waals surface area contributed by atoms with Crippen molar-refractivity contribution >= 4 is 33.4 Å². The van der Waals surface area contributed by atoms with Gasteiger partial charge in [-0.3, -0.25) is 9.89 Å². The van der Waals surface area contributed by atoms with Crippen LogP contribution in [0.5, 0.6) is 5.75 Å². The molecule has 1 heterocycles. The lowest BCUT2D eigenvalue weighted by molar-refractivity contribution is -0.132. The van der Waals surface area contributed by atoms with Gasteiger partial charge in [0.15, 0.2) is 12.4 Å². The molecule has 1 aromatic heterocycles. The molecule has 6 nitrogen and oxygen atoms in total. The van der Waals surface area contributed by atoms with Gasteiger partial charge in [0.05, 0.1) is 11.6 Å². The van der Waals surface area contributed by atoms with E-state index in [0.717, 1.165) is 4.47 Å². The lowest BCUT2D eigenvalue weighted by atomic mass is 10.3. The zero-order chi connectivity index (χ0) is 15.4. The Balaban J connectivity index is 1.89. The van der Waals surface area contributed by atoms with Gasteiger partial charge in [0.1, 0.15) is 11.6 Å². The number of nitrogens with one attached hydrogen (secondary N) is 1. The molecule has 8 heteroatoms. The van der Waals surface area contributed by atoms with E-state index in [9.17, 15) is 4.79 Å². The lowest BCUT2D eigenvalue weighted by Gasteiger charge is -2.16. The van der Waals surface area contributed by atoms with E-state index in [1.807, 2.05) is 0 Å². The minimum Gasteiger partial charge on any atom is -0.482 e. The number of aryl methyl sites for hydroxylation is 1. The van der Waals surface area contributed by atoms with E-state index in [-0.39, 0.29) is 12.5 Å². The fourth-order valence-electron chi connectivity index (χ4n) is 1.60. The Morgan fingerprint density at radius 3 is 2.90 bits per heavy atom. The molecule has 0 radical (unpaired) electrons. The summed E-state index contributed by atoms with van der Waals surface area (Å²) in [6, 6.07) is 5.21. The normalized spacial score (nSPS) is 10.5. The number of aromatic amines is 1. The molecule has 0 saturated carbocycles. The number of likely N-dealkylation sites (N-methyl/N-ethyl adjacent to an activating group) is 1. The molecule has 1 N–H and O–H groups in total. The Bertz CT molecular complexity index is 647. The number of hydrogen-bond acceptors (Lipinski definition) is 4. The van der Waals surface area contributed by atoms with Crippen molar-refractivity contribution in [2.75, 3.05) is 13.7 Å². The Hall–Kier alpha value is -1.60. The highest BCUT2D eigenvalue weighted by Gasteiger charge is 2.13. The molecule has 21 heavy (non-hydrogen) atoms. The van der Waals surface area contributed by atoms with Crippen LogP contribution in [0.2, 0.25) is 5.02 Å². The molecular formula is C13H14BrClN4O2. The van der Waals surface area contributed by atoms with Crippen LogP contribution < -0.4 is 4.74 Å². The van der Waals surface area contributed by atoms with Crippen LogP contribution in [0.3, 0.4) is 0 Å². The third kappa shape index (κ3) is 4.44. The predicted octanol–water partition coefficient (Wildman–Crippen LogP) is 2.57. The number of hydrogen-bond donors (Lipinski definition) is 1. The van der Waals surface area contributed by atoms with Gasteiger partial charge in [0, 0.05) is 11.5 Å². The molecule has 0 spiro atoms. The van der Waals surface area contributed by atoms with Crippen molar-refractivity contribution < 1.29 is 9.53 Å². The van der Waals surface area contributed by atoms with Gasteiger partial charge in [-0.1, -0.05) is 27.5 Å². The summed E-state index contributed by atoms with van der Waals surface area (Å²) in [6.45, 7) is 2.03. The van der Waals surface area contributed by atoms with Gasteiger partial charge < -0.3 is 9.64 Å². The second-order valence-electron chi connectivity index (χ2n) is 4.45. The SMILES string of the molecule is Cc1nc(CN(C)C(=O)COc2ccc(Br)cc2Cl)n[nH]1. The molecule has 0 saturated heterocycles. The monoisotopic (exact) mass is 372 g/mol. The van der Waals surface area contributed by atoms with Crippen molar-refractivity contribution in [2.45, 2.75) is 13.5 Å². The number of halogens is 2. The highest BCUT2D eigenvalue weighted by atomic mass is 79.9. The number of nitrogens with zero attached hydrogens (tertiary/aromatic N) is 3. The summed E-state index contributed by atoms with van der Waals surface area (Å²) in [6.07, 6.45) is 0. The minimum absolute atomic E-state index is 0.0960. The maximum absolute atomic E-state index is 12.0. The highest BCUT2D eigenvalue weighted by molar-refractivity contribution is 9.10. The average Bonchev–Trinajstić information content (AvgIpc) is 2.82. The van der Waals surface area contributed by atoms with Crippen LogP contribution in [0.1, 0.15) is 11.6 Å². The summed E-state index contributed by atoms with van der Waals surface area (Å²) >= 11 is 9.33. The number of carbonyl (C=O) groups is 1. The molecular weight excluding hydrogens is 360 g/mol. The van der Waals surface area contributed by atoms with Gasteiger partial charge in [-0.2, -0.15) is 5.10 Å². The van der Waals surface area contributed by atoms with Crippen LogP contribution in [0.4, 0.5) is 0 Å². The second kappa shape index (κ2) is 6.91. The van der Waals surface area contributed by atoms with Crippen LogP contribution in [0.15, 0.2) is 22.7 Å². The zero-order valence-electron chi connectivity index (χ0n) is 11.6. The molecule has 0 aliphatic rings. The highest BCUT2D eigenvalue weighted by Crippen LogP contribution is 2.27. The molecule has 0 atom stereocenters. The van der Waals surface area contributed by atoms with E-state index in [2.05, 4.69) is 31.1 Å². The van der Waals surface area contributed by atoms with E-state index in [1.54, 1.807) is 32.2 Å². The smallest absolute Gasteiger partial charge is 0.260 e. The largest absolute Gasteiger partial charge is 0.482 e. The topological polar surface area (TPSA) is 71.1 Å². The molecule has 2 aromatic rings. The first-order valence-electron chi connectivity index (χ1n) is 6.15. The summed E-state index contributed by atoms with van der Waals surface area (Å²) in [5, 5.41) is 7.16. The fraction of sp³-hybridized carbons (Fsp3) is 0.308. The summed E-state index contributed by atoms with van der Waals surface area (Å²) in [7, 11) is 1.67. The molecule has 1 amide bonds. The fourth-order valence-corrected chi connectivity index (χ4v) is 2.33. The van der Waals surface area contributed by atoms with Crippen LogP contribution >= 0.6 is 27.5 Å². The maximum Gasteiger partial charge on any atom is 0.260 e. The Kier molecular flexibility index (Phi) is 5.19. The first-order valence-corrected chi connectivity index (χ1v) is 7.32. The number of rotatable bonds is 5. The van der Waals surface area contributed by atoms with Crippen molar-refractivity contribution in [2.24, 2.45) is 0 Å². The van der Waals surface area contributed by atoms with Crippen LogP contribution in [0.25, 0.3) is 0 Å². The van der Waals surface area contributed by atoms with Crippen molar-refractivity contribution in [1.29, 1.82) is 0 Å². The van der Waals surface area contributed by atoms with Crippen molar-refractivity contribution in [3.8, 4) is 5.75 Å². The van der Waals surface area contributed by atoms with Gasteiger partial charge in [0.2, 0.25) is 0 Å². The van der Waals surface area contributed by atoms with Crippen LogP contribution in [-0.4, -0.2) is 39.6 Å². The minimum atomic E-state index is -0.184. The molecule has 0 unspecified atom stereocenters. The quantitative estimate of drug-likeness (QED) is 0.874. The first-order chi connectivity index (χ1) is 9.95. The molecule has 0 aliphatic heterocycles. The molecule has 112 valence electrons. The number of benzene rings is 1. The van der Waals surface area contributed by atoms with Gasteiger partial charge in [-0.15, -0.1) is 0 Å². The van der Waals surface area contributed by atoms with Gasteiger partial charge in [0.25, 0.3) is 5.91 Å². The zero-order valence-corrected chi connectivity index (χ0v) is 13.9. The average molecular weight is 374 g/mol. The number of H-pyrrole nitrogens is 1. The van der Waals surface area contributed by atoms with Crippen molar-refractivity contribution in [3.05, 3.63) is 39.3 Å². The summed E-state index contributed by atoms with van der Waals surface area (Å²) < 4.78 is 6.28. The van der Waals surface area contributed by atoms with E-state index in [0.29, 0.717) is 29.0 Å². The molecule has 0 bridgehead atoms. The van der Waals surface area contributed by atoms with E-state index in [4.69, 9.17) is 16.3 Å². The third-order valence-electron chi connectivity index (χ3n) is 2.69. The van der Waals surface area contributed by atoms with E-state index < -0.39 is 0 Å². The molecule has 0 fully saturated rings. The Labute approximate surface area is 135 Å². The van der Waals surface area contributed by atoms with Crippen LogP contribution in [0, 0.1) is 6.92 Å². The number of carbonyl (C=O) groups excluding carboxylic acids is 1. The number of amides is 1. The Morgan fingerprint density at radius 1 is 1.52 bits per heavy atom. The predicted molar refractivity (Wildman–Crippen MR) is 82.2 cm³/mol. The lowest BCUT2D eigenvalue weighted by Crippen LogP contribution is -2.31. The summed E-state index contributed by atoms with van der Waals surface area (Å²) in [5.41, 5.74) is 0. The second-order valence-corrected chi connectivity index (χ2v) is 5.77. The van der Waals surface area contributed by atoms with E-state index in [1.165, 1.54) is 4.90 Å². The third-order valence-corrected chi connectivity index (χ3v) is 3.48. The molecule has 0 aliphatic carbocycles. The standard InChI is InChI=1S/C13H14BrClN4O2/c1-8-16-12(18-17-8)6-19(2)13(20)7-21-11-4-3-9(14)5-10(11)15/h3-5H,6-7H2,1-2H3,(H,16,17,18). The van der Waals surface area contributed by atoms with Crippen molar-refractivity contribution in [1.82, 2.24) is 20.1 Å². The summed E-state index contributed by atoms with van der Waals surface area (Å²) in [4.78, 5) is 17.6. The van der Waals surface area contributed by atoms with Gasteiger partial charge in [-0.05, 0) is 25.1 Å².